The summed E-state index contributed by atoms with van der Waals surface area (Å²) < 4.78 is 49.7. The molecule has 0 heterocycles. The quantitative estimate of drug-likeness (QED) is 0.392. The number of ether oxygens (including phenoxy) is 1. The van der Waals surface area contributed by atoms with Gasteiger partial charge in [0.05, 0.1) is 6.61 Å². The predicted molar refractivity (Wildman–Crippen MR) is 133 cm³/mol. The van der Waals surface area contributed by atoms with E-state index in [1.807, 2.05) is 25.1 Å². The molecular weight excluding hydrogens is 433 g/mol. The normalized spacial score (nSPS) is 25.6. The largest absolute Gasteiger partial charge is 0.494 e. The van der Waals surface area contributed by atoms with Crippen LogP contribution in [0, 0.1) is 29.3 Å². The minimum Gasteiger partial charge on any atom is -0.494 e. The van der Waals surface area contributed by atoms with Crippen molar-refractivity contribution in [2.24, 2.45) is 11.8 Å². The minimum atomic E-state index is -0.725. The summed E-state index contributed by atoms with van der Waals surface area (Å²) in [6.45, 7) is 4.61. The van der Waals surface area contributed by atoms with Crippen LogP contribution in [0.2, 0.25) is 0 Å². The van der Waals surface area contributed by atoms with Crippen molar-refractivity contribution in [1.82, 2.24) is 0 Å². The van der Waals surface area contributed by atoms with E-state index in [0.29, 0.717) is 29.4 Å². The second-order valence-corrected chi connectivity index (χ2v) is 10.1. The Morgan fingerprint density at radius 1 is 0.794 bits per heavy atom. The fraction of sp³-hybridized carbons (Fsp3) is 0.533. The third-order valence-corrected chi connectivity index (χ3v) is 8.05. The van der Waals surface area contributed by atoms with Gasteiger partial charge in [0.2, 0.25) is 0 Å². The predicted octanol–water partition coefficient (Wildman–Crippen LogP) is 9.17. The number of hydrogen-bond donors (Lipinski definition) is 0. The standard InChI is InChI=1S/C30H37F3O/c1-3-20-5-10-23(11-6-20)27-17-15-24(29(32)30(27)33)14-9-21-7-12-22(13-8-21)26-18-16-25(34-4-2)19-28(26)31/h9,14-23H,3-8,10-13H2,1-2H3/b14-9+. The Bertz CT molecular complexity index is 983. The van der Waals surface area contributed by atoms with Gasteiger partial charge in [-0.3, -0.25) is 0 Å². The van der Waals surface area contributed by atoms with E-state index in [1.165, 1.54) is 12.5 Å². The van der Waals surface area contributed by atoms with Gasteiger partial charge in [-0.15, -0.1) is 0 Å². The molecule has 184 valence electrons. The summed E-state index contributed by atoms with van der Waals surface area (Å²) in [5.74, 6) is 0.319. The first-order chi connectivity index (χ1) is 16.5. The molecule has 1 nitrogen and oxygen atoms in total. The Hall–Kier alpha value is -2.23. The molecule has 0 radical (unpaired) electrons. The highest BCUT2D eigenvalue weighted by molar-refractivity contribution is 5.52. The monoisotopic (exact) mass is 470 g/mol. The fourth-order valence-electron chi connectivity index (χ4n) is 5.86. The van der Waals surface area contributed by atoms with Gasteiger partial charge in [-0.2, -0.15) is 0 Å². The molecule has 0 unspecified atom stereocenters. The van der Waals surface area contributed by atoms with Gasteiger partial charge in [0.1, 0.15) is 11.6 Å². The summed E-state index contributed by atoms with van der Waals surface area (Å²) in [4.78, 5) is 0. The summed E-state index contributed by atoms with van der Waals surface area (Å²) in [5.41, 5.74) is 1.62. The maximum absolute atomic E-state index is 14.9. The third kappa shape index (κ3) is 5.70. The van der Waals surface area contributed by atoms with Crippen LogP contribution in [0.5, 0.6) is 5.75 Å². The van der Waals surface area contributed by atoms with Gasteiger partial charge >= 0.3 is 0 Å². The lowest BCUT2D eigenvalue weighted by molar-refractivity contribution is 0.312. The van der Waals surface area contributed by atoms with Crippen LogP contribution in [-0.4, -0.2) is 6.61 Å². The van der Waals surface area contributed by atoms with E-state index >= 15 is 0 Å². The van der Waals surface area contributed by atoms with Crippen molar-refractivity contribution >= 4 is 6.08 Å². The fourth-order valence-corrected chi connectivity index (χ4v) is 5.86. The molecule has 34 heavy (non-hydrogen) atoms. The van der Waals surface area contributed by atoms with Gasteiger partial charge in [0.15, 0.2) is 11.6 Å². The molecule has 4 heteroatoms. The Morgan fingerprint density at radius 2 is 1.44 bits per heavy atom. The first-order valence-electron chi connectivity index (χ1n) is 13.1. The third-order valence-electron chi connectivity index (χ3n) is 8.05. The van der Waals surface area contributed by atoms with Gasteiger partial charge in [-0.25, -0.2) is 13.2 Å². The zero-order chi connectivity index (χ0) is 24.1. The van der Waals surface area contributed by atoms with E-state index in [-0.39, 0.29) is 17.7 Å². The lowest BCUT2D eigenvalue weighted by Crippen LogP contribution is -2.14. The van der Waals surface area contributed by atoms with Crippen molar-refractivity contribution in [3.05, 3.63) is 70.5 Å². The minimum absolute atomic E-state index is 0.133. The molecule has 0 saturated heterocycles. The Morgan fingerprint density at radius 3 is 2.09 bits per heavy atom. The van der Waals surface area contributed by atoms with Crippen LogP contribution in [0.4, 0.5) is 13.2 Å². The van der Waals surface area contributed by atoms with Crippen LogP contribution >= 0.6 is 0 Å². The first-order valence-corrected chi connectivity index (χ1v) is 13.1. The molecule has 2 aliphatic carbocycles. The van der Waals surface area contributed by atoms with E-state index in [4.69, 9.17) is 4.74 Å². The second kappa shape index (κ2) is 11.5. The summed E-state index contributed by atoms with van der Waals surface area (Å²) >= 11 is 0. The first kappa shape index (κ1) is 24.9. The van der Waals surface area contributed by atoms with E-state index in [9.17, 15) is 13.2 Å². The summed E-state index contributed by atoms with van der Waals surface area (Å²) in [5, 5.41) is 0. The number of rotatable bonds is 7. The Balaban J connectivity index is 1.35. The molecular formula is C30H37F3O. The van der Waals surface area contributed by atoms with Gasteiger partial charge in [-0.1, -0.05) is 43.7 Å². The molecule has 0 atom stereocenters. The topological polar surface area (TPSA) is 9.23 Å². The highest BCUT2D eigenvalue weighted by Gasteiger charge is 2.26. The highest BCUT2D eigenvalue weighted by Crippen LogP contribution is 2.40. The van der Waals surface area contributed by atoms with Gasteiger partial charge in [-0.05, 0) is 99.2 Å². The molecule has 0 amide bonds. The summed E-state index contributed by atoms with van der Waals surface area (Å²) in [6, 6.07) is 8.68. The number of allylic oxidation sites excluding steroid dienone is 1. The van der Waals surface area contributed by atoms with E-state index < -0.39 is 11.6 Å². The van der Waals surface area contributed by atoms with Crippen LogP contribution in [0.1, 0.15) is 100 Å². The van der Waals surface area contributed by atoms with Gasteiger partial charge in [0.25, 0.3) is 0 Å². The SMILES string of the molecule is CCOc1ccc(C2CCC(/C=C/c3ccc(C4CCC(CC)CC4)c(F)c3F)CC2)c(F)c1. The molecule has 0 N–H and O–H groups in total. The van der Waals surface area contributed by atoms with Crippen molar-refractivity contribution in [3.63, 3.8) is 0 Å². The summed E-state index contributed by atoms with van der Waals surface area (Å²) in [7, 11) is 0. The van der Waals surface area contributed by atoms with Crippen molar-refractivity contribution in [1.29, 1.82) is 0 Å². The van der Waals surface area contributed by atoms with Crippen molar-refractivity contribution in [3.8, 4) is 5.75 Å². The van der Waals surface area contributed by atoms with Crippen molar-refractivity contribution in [2.75, 3.05) is 6.61 Å². The zero-order valence-electron chi connectivity index (χ0n) is 20.5. The van der Waals surface area contributed by atoms with Crippen molar-refractivity contribution in [2.45, 2.75) is 83.5 Å². The zero-order valence-corrected chi connectivity index (χ0v) is 20.5. The van der Waals surface area contributed by atoms with Crippen LogP contribution in [0.3, 0.4) is 0 Å². The molecule has 4 rings (SSSR count). The summed E-state index contributed by atoms with van der Waals surface area (Å²) in [6.07, 6.45) is 12.6. The molecule has 0 aliphatic heterocycles. The van der Waals surface area contributed by atoms with Gasteiger partial charge in [0, 0.05) is 11.6 Å². The maximum Gasteiger partial charge on any atom is 0.166 e. The second-order valence-electron chi connectivity index (χ2n) is 10.1. The van der Waals surface area contributed by atoms with Crippen LogP contribution in [-0.2, 0) is 0 Å². The Kier molecular flexibility index (Phi) is 8.39. The number of halogens is 3. The molecule has 2 saturated carbocycles. The molecule has 2 aromatic carbocycles. The van der Waals surface area contributed by atoms with E-state index in [1.54, 1.807) is 18.2 Å². The maximum atomic E-state index is 14.9. The molecule has 2 aromatic rings. The molecule has 0 bridgehead atoms. The van der Waals surface area contributed by atoms with Crippen LogP contribution in [0.25, 0.3) is 6.08 Å². The van der Waals surface area contributed by atoms with Gasteiger partial charge < -0.3 is 4.74 Å². The molecule has 2 fully saturated rings. The van der Waals surface area contributed by atoms with Crippen LogP contribution < -0.4 is 4.74 Å². The average molecular weight is 471 g/mol. The van der Waals surface area contributed by atoms with Crippen LogP contribution in [0.15, 0.2) is 36.4 Å². The number of benzene rings is 2. The molecule has 0 spiro atoms. The van der Waals surface area contributed by atoms with E-state index in [2.05, 4.69) is 6.92 Å². The van der Waals surface area contributed by atoms with Crippen molar-refractivity contribution < 1.29 is 17.9 Å². The Labute approximate surface area is 202 Å². The lowest BCUT2D eigenvalue weighted by atomic mass is 9.77. The molecule has 0 aromatic heterocycles. The smallest absolute Gasteiger partial charge is 0.166 e. The van der Waals surface area contributed by atoms with E-state index in [0.717, 1.165) is 62.8 Å². The molecule has 2 aliphatic rings. The lowest BCUT2D eigenvalue weighted by Gasteiger charge is -2.28. The number of hydrogen-bond acceptors (Lipinski definition) is 1. The average Bonchev–Trinajstić information content (AvgIpc) is 2.86. The highest BCUT2D eigenvalue weighted by atomic mass is 19.2.